The van der Waals surface area contributed by atoms with Crippen molar-refractivity contribution in [2.45, 2.75) is 53.1 Å². The molecule has 1 N–H and O–H groups in total. The Bertz CT molecular complexity index is 894. The molecule has 0 unspecified atom stereocenters. The number of rotatable bonds is 9. The maximum absolute atomic E-state index is 13.3. The first kappa shape index (κ1) is 24.4. The van der Waals surface area contributed by atoms with Crippen molar-refractivity contribution in [1.29, 1.82) is 0 Å². The lowest BCUT2D eigenvalue weighted by molar-refractivity contribution is -0.116. The summed E-state index contributed by atoms with van der Waals surface area (Å²) in [6, 6.07) is 11.4. The average Bonchev–Trinajstić information content (AvgIpc) is 2.70. The fraction of sp³-hybridized carbons (Fsp3) is 0.440. The van der Waals surface area contributed by atoms with E-state index in [4.69, 9.17) is 0 Å². The van der Waals surface area contributed by atoms with E-state index in [0.29, 0.717) is 24.2 Å². The number of carbonyl (C=O) groups is 2. The van der Waals surface area contributed by atoms with Gasteiger partial charge < -0.3 is 15.1 Å². The highest BCUT2D eigenvalue weighted by Gasteiger charge is 2.23. The predicted molar refractivity (Wildman–Crippen MR) is 125 cm³/mol. The maximum Gasteiger partial charge on any atom is 0.254 e. The van der Waals surface area contributed by atoms with Crippen LogP contribution in [0.1, 0.15) is 56.5 Å². The van der Waals surface area contributed by atoms with Crippen LogP contribution in [-0.4, -0.2) is 36.9 Å². The molecule has 0 spiro atoms. The lowest BCUT2D eigenvalue weighted by Crippen LogP contribution is -2.38. The number of benzene rings is 2. The van der Waals surface area contributed by atoms with E-state index >= 15 is 0 Å². The Balaban J connectivity index is 2.37. The molecule has 0 saturated carbocycles. The SMILES string of the molecule is CC[C@@H](C)N(Cc1cc(NC(=O)CC(C)C)ccc1N(C)C)C(=O)c1ccc(F)cc1. The summed E-state index contributed by atoms with van der Waals surface area (Å²) in [4.78, 5) is 29.3. The van der Waals surface area contributed by atoms with E-state index in [1.165, 1.54) is 24.3 Å². The van der Waals surface area contributed by atoms with Gasteiger partial charge in [-0.3, -0.25) is 9.59 Å². The van der Waals surface area contributed by atoms with Crippen LogP contribution in [-0.2, 0) is 11.3 Å². The summed E-state index contributed by atoms with van der Waals surface area (Å²) in [5, 5.41) is 2.96. The van der Waals surface area contributed by atoms with Gasteiger partial charge in [0.2, 0.25) is 5.91 Å². The highest BCUT2D eigenvalue weighted by atomic mass is 19.1. The van der Waals surface area contributed by atoms with Crippen LogP contribution in [0, 0.1) is 11.7 Å². The van der Waals surface area contributed by atoms with Crippen LogP contribution < -0.4 is 10.2 Å². The molecular weight excluding hydrogens is 393 g/mol. The van der Waals surface area contributed by atoms with Crippen LogP contribution in [0.25, 0.3) is 0 Å². The number of nitrogens with zero attached hydrogens (tertiary/aromatic N) is 2. The van der Waals surface area contributed by atoms with Crippen molar-refractivity contribution in [3.8, 4) is 0 Å². The van der Waals surface area contributed by atoms with Crippen molar-refractivity contribution in [3.63, 3.8) is 0 Å². The third kappa shape index (κ3) is 6.81. The summed E-state index contributed by atoms with van der Waals surface area (Å²) < 4.78 is 13.3. The van der Waals surface area contributed by atoms with Crippen LogP contribution in [0.2, 0.25) is 0 Å². The molecule has 31 heavy (non-hydrogen) atoms. The van der Waals surface area contributed by atoms with Crippen molar-refractivity contribution >= 4 is 23.2 Å². The molecule has 2 aromatic carbocycles. The van der Waals surface area contributed by atoms with Gasteiger partial charge in [0.05, 0.1) is 0 Å². The highest BCUT2D eigenvalue weighted by Crippen LogP contribution is 2.27. The van der Waals surface area contributed by atoms with E-state index in [2.05, 4.69) is 5.32 Å². The van der Waals surface area contributed by atoms with E-state index in [-0.39, 0.29) is 29.6 Å². The van der Waals surface area contributed by atoms with E-state index < -0.39 is 0 Å². The topological polar surface area (TPSA) is 52.7 Å². The quantitative estimate of drug-likeness (QED) is 0.589. The second-order valence-electron chi connectivity index (χ2n) is 8.58. The molecule has 1 atom stereocenters. The first-order valence-electron chi connectivity index (χ1n) is 10.8. The van der Waals surface area contributed by atoms with Gasteiger partial charge in [-0.15, -0.1) is 0 Å². The zero-order chi connectivity index (χ0) is 23.1. The minimum atomic E-state index is -0.369. The summed E-state index contributed by atoms with van der Waals surface area (Å²) in [6.07, 6.45) is 1.24. The molecule has 2 aromatic rings. The van der Waals surface area contributed by atoms with Crippen molar-refractivity contribution in [2.75, 3.05) is 24.3 Å². The number of halogens is 1. The molecule has 2 rings (SSSR count). The molecule has 2 amide bonds. The number of nitrogens with one attached hydrogen (secondary N) is 1. The fourth-order valence-electron chi connectivity index (χ4n) is 3.40. The van der Waals surface area contributed by atoms with E-state index in [0.717, 1.165) is 17.7 Å². The van der Waals surface area contributed by atoms with Gasteiger partial charge in [-0.2, -0.15) is 0 Å². The molecule has 0 radical (unpaired) electrons. The second-order valence-corrected chi connectivity index (χ2v) is 8.58. The van der Waals surface area contributed by atoms with E-state index in [1.807, 2.05) is 64.9 Å². The van der Waals surface area contributed by atoms with Crippen molar-refractivity contribution < 1.29 is 14.0 Å². The standard InChI is InChI=1S/C25H34FN3O2/c1-7-18(4)29(25(31)19-8-10-21(26)11-9-19)16-20-15-22(12-13-23(20)28(5)6)27-24(30)14-17(2)3/h8-13,15,17-18H,7,14,16H2,1-6H3,(H,27,30)/t18-/m1/s1. The Hall–Kier alpha value is -2.89. The van der Waals surface area contributed by atoms with Crippen LogP contribution in [0.15, 0.2) is 42.5 Å². The van der Waals surface area contributed by atoms with Gasteiger partial charge >= 0.3 is 0 Å². The molecule has 0 aromatic heterocycles. The number of hydrogen-bond acceptors (Lipinski definition) is 3. The van der Waals surface area contributed by atoms with Crippen LogP contribution in [0.3, 0.4) is 0 Å². The van der Waals surface area contributed by atoms with Gasteiger partial charge in [0.1, 0.15) is 5.82 Å². The molecular formula is C25H34FN3O2. The first-order valence-corrected chi connectivity index (χ1v) is 10.8. The van der Waals surface area contributed by atoms with Crippen molar-refractivity contribution in [2.24, 2.45) is 5.92 Å². The Morgan fingerprint density at radius 2 is 1.68 bits per heavy atom. The molecule has 6 heteroatoms. The Morgan fingerprint density at radius 3 is 2.23 bits per heavy atom. The van der Waals surface area contributed by atoms with Crippen LogP contribution >= 0.6 is 0 Å². The third-order valence-electron chi connectivity index (χ3n) is 5.25. The lowest BCUT2D eigenvalue weighted by Gasteiger charge is -2.31. The smallest absolute Gasteiger partial charge is 0.254 e. The minimum Gasteiger partial charge on any atom is -0.377 e. The summed E-state index contributed by atoms with van der Waals surface area (Å²) in [6.45, 7) is 8.43. The Kier molecular flexibility index (Phi) is 8.60. The van der Waals surface area contributed by atoms with Gasteiger partial charge in [0.15, 0.2) is 0 Å². The van der Waals surface area contributed by atoms with E-state index in [9.17, 15) is 14.0 Å². The number of anilines is 2. The van der Waals surface area contributed by atoms with Gasteiger partial charge in [0, 0.05) is 50.0 Å². The molecule has 0 heterocycles. The number of hydrogen-bond donors (Lipinski definition) is 1. The summed E-state index contributed by atoms with van der Waals surface area (Å²) in [5.41, 5.74) is 3.07. The normalized spacial score (nSPS) is 11.9. The molecule has 5 nitrogen and oxygen atoms in total. The Morgan fingerprint density at radius 1 is 1.03 bits per heavy atom. The zero-order valence-electron chi connectivity index (χ0n) is 19.4. The second kappa shape index (κ2) is 10.9. The summed E-state index contributed by atoms with van der Waals surface area (Å²) in [7, 11) is 3.90. The molecule has 0 bridgehead atoms. The zero-order valence-corrected chi connectivity index (χ0v) is 19.4. The molecule has 0 saturated heterocycles. The fourth-order valence-corrected chi connectivity index (χ4v) is 3.40. The predicted octanol–water partition coefficient (Wildman–Crippen LogP) is 5.32. The third-order valence-corrected chi connectivity index (χ3v) is 5.25. The van der Waals surface area contributed by atoms with Crippen molar-refractivity contribution in [1.82, 2.24) is 4.90 Å². The average molecular weight is 428 g/mol. The van der Waals surface area contributed by atoms with Gasteiger partial charge in [-0.1, -0.05) is 20.8 Å². The largest absolute Gasteiger partial charge is 0.377 e. The molecule has 0 fully saturated rings. The monoisotopic (exact) mass is 427 g/mol. The summed E-state index contributed by atoms with van der Waals surface area (Å²) in [5.74, 6) is -0.269. The lowest BCUT2D eigenvalue weighted by atomic mass is 10.1. The van der Waals surface area contributed by atoms with Gasteiger partial charge in [-0.25, -0.2) is 4.39 Å². The highest BCUT2D eigenvalue weighted by molar-refractivity contribution is 5.94. The first-order chi connectivity index (χ1) is 14.6. The number of carbonyl (C=O) groups excluding carboxylic acids is 2. The number of amides is 2. The van der Waals surface area contributed by atoms with Crippen molar-refractivity contribution in [3.05, 3.63) is 59.4 Å². The molecule has 0 aliphatic rings. The van der Waals surface area contributed by atoms with E-state index in [1.54, 1.807) is 4.90 Å². The molecule has 168 valence electrons. The van der Waals surface area contributed by atoms with Crippen LogP contribution in [0.4, 0.5) is 15.8 Å². The van der Waals surface area contributed by atoms with Gasteiger partial charge in [-0.05, 0) is 67.3 Å². The molecule has 0 aliphatic carbocycles. The minimum absolute atomic E-state index is 0.00764. The summed E-state index contributed by atoms with van der Waals surface area (Å²) >= 11 is 0. The Labute approximate surface area is 185 Å². The van der Waals surface area contributed by atoms with Gasteiger partial charge in [0.25, 0.3) is 5.91 Å². The maximum atomic E-state index is 13.3. The molecule has 0 aliphatic heterocycles. The van der Waals surface area contributed by atoms with Crippen LogP contribution in [0.5, 0.6) is 0 Å².